The third-order valence-electron chi connectivity index (χ3n) is 7.64. The van der Waals surface area contributed by atoms with Crippen LogP contribution in [-0.4, -0.2) is 57.7 Å². The number of likely N-dealkylation sites (tertiary alicyclic amines) is 1. The molecule has 0 radical (unpaired) electrons. The molecule has 2 saturated heterocycles. The van der Waals surface area contributed by atoms with Gasteiger partial charge in [-0.25, -0.2) is 18.7 Å². The highest BCUT2D eigenvalue weighted by Crippen LogP contribution is 2.36. The van der Waals surface area contributed by atoms with Crippen LogP contribution in [0.25, 0.3) is 16.9 Å². The number of nitrogens with zero attached hydrogens (tertiary/aromatic N) is 4. The largest absolute Gasteiger partial charge is 0.381 e. The summed E-state index contributed by atoms with van der Waals surface area (Å²) < 4.78 is 34.6. The molecule has 6 heterocycles. The van der Waals surface area contributed by atoms with E-state index in [-0.39, 0.29) is 17.6 Å². The molecule has 0 bridgehead atoms. The van der Waals surface area contributed by atoms with Crippen molar-refractivity contribution in [1.29, 1.82) is 0 Å². The Kier molecular flexibility index (Phi) is 5.59. The average Bonchev–Trinajstić information content (AvgIpc) is 3.64. The first-order valence-corrected chi connectivity index (χ1v) is 12.8. The minimum absolute atomic E-state index is 0.168. The van der Waals surface area contributed by atoms with E-state index < -0.39 is 6.17 Å². The van der Waals surface area contributed by atoms with Crippen LogP contribution in [0.3, 0.4) is 0 Å². The van der Waals surface area contributed by atoms with Crippen LogP contribution >= 0.6 is 0 Å². The Bertz CT molecular complexity index is 1560. The van der Waals surface area contributed by atoms with Gasteiger partial charge >= 0.3 is 0 Å². The highest BCUT2D eigenvalue weighted by molar-refractivity contribution is 6.06. The second-order valence-electron chi connectivity index (χ2n) is 10.1. The van der Waals surface area contributed by atoms with Crippen LogP contribution in [0.5, 0.6) is 0 Å². The number of benzene rings is 1. The van der Waals surface area contributed by atoms with Gasteiger partial charge in [-0.15, -0.1) is 0 Å². The van der Waals surface area contributed by atoms with E-state index in [2.05, 4.69) is 26.6 Å². The van der Waals surface area contributed by atoms with E-state index in [0.29, 0.717) is 55.5 Å². The molecule has 1 amide bonds. The molecular weight excluding hydrogens is 490 g/mol. The minimum Gasteiger partial charge on any atom is -0.381 e. The number of fused-ring (bicyclic) bond motifs is 2. The highest BCUT2D eigenvalue weighted by atomic mass is 19.1. The normalized spacial score (nSPS) is 19.5. The summed E-state index contributed by atoms with van der Waals surface area (Å²) in [6.45, 7) is 3.20. The zero-order valence-electron chi connectivity index (χ0n) is 20.6. The number of amides is 1. The fraction of sp³-hybridized carbons (Fsp3) is 0.321. The van der Waals surface area contributed by atoms with Crippen molar-refractivity contribution in [2.24, 2.45) is 0 Å². The van der Waals surface area contributed by atoms with Crippen molar-refractivity contribution < 1.29 is 18.3 Å². The Morgan fingerprint density at radius 2 is 2.08 bits per heavy atom. The number of hydrogen-bond donors (Lipinski definition) is 2. The van der Waals surface area contributed by atoms with Crippen molar-refractivity contribution in [3.8, 4) is 11.3 Å². The number of rotatable bonds is 6. The van der Waals surface area contributed by atoms with Crippen LogP contribution in [0, 0.1) is 5.82 Å². The summed E-state index contributed by atoms with van der Waals surface area (Å²) >= 11 is 0. The van der Waals surface area contributed by atoms with E-state index in [1.807, 2.05) is 22.6 Å². The summed E-state index contributed by atoms with van der Waals surface area (Å²) in [6, 6.07) is 10.6. The lowest BCUT2D eigenvalue weighted by Crippen LogP contribution is -2.47. The Morgan fingerprint density at radius 1 is 1.18 bits per heavy atom. The lowest BCUT2D eigenvalue weighted by atomic mass is 9.96. The molecule has 38 heavy (non-hydrogen) atoms. The van der Waals surface area contributed by atoms with E-state index in [1.54, 1.807) is 12.4 Å². The van der Waals surface area contributed by atoms with Gasteiger partial charge in [-0.3, -0.25) is 14.1 Å². The number of aromatic nitrogens is 3. The first kappa shape index (κ1) is 23.2. The maximum absolute atomic E-state index is 13.7. The molecule has 1 atom stereocenters. The highest BCUT2D eigenvalue weighted by Gasteiger charge is 2.30. The summed E-state index contributed by atoms with van der Waals surface area (Å²) in [5, 5.41) is 6.29. The van der Waals surface area contributed by atoms with Crippen LogP contribution in [0.2, 0.25) is 0 Å². The minimum atomic E-state index is -0.777. The predicted octanol–water partition coefficient (Wildman–Crippen LogP) is 4.18. The van der Waals surface area contributed by atoms with Gasteiger partial charge in [-0.1, -0.05) is 12.1 Å². The van der Waals surface area contributed by atoms with E-state index in [0.717, 1.165) is 41.1 Å². The number of alkyl halides is 1. The topological polar surface area (TPSA) is 83.8 Å². The molecule has 1 aromatic carbocycles. The van der Waals surface area contributed by atoms with Crippen LogP contribution < -0.4 is 10.6 Å². The molecule has 7 rings (SSSR count). The molecule has 8 nitrogen and oxygen atoms in total. The van der Waals surface area contributed by atoms with Gasteiger partial charge in [0.15, 0.2) is 0 Å². The average molecular weight is 517 g/mol. The van der Waals surface area contributed by atoms with Gasteiger partial charge < -0.3 is 15.4 Å². The monoisotopic (exact) mass is 516 g/mol. The van der Waals surface area contributed by atoms with Crippen LogP contribution in [0.1, 0.15) is 39.5 Å². The van der Waals surface area contributed by atoms with E-state index in [1.165, 1.54) is 12.1 Å². The summed E-state index contributed by atoms with van der Waals surface area (Å²) in [7, 11) is 0. The number of ether oxygens (including phenoxy) is 1. The van der Waals surface area contributed by atoms with E-state index in [9.17, 15) is 13.6 Å². The zero-order valence-corrected chi connectivity index (χ0v) is 20.6. The third-order valence-corrected chi connectivity index (χ3v) is 7.64. The quantitative estimate of drug-likeness (QED) is 0.400. The molecule has 0 spiro atoms. The van der Waals surface area contributed by atoms with Gasteiger partial charge in [0, 0.05) is 56.5 Å². The van der Waals surface area contributed by atoms with Crippen LogP contribution in [0.4, 0.5) is 20.3 Å². The van der Waals surface area contributed by atoms with Gasteiger partial charge in [0.25, 0.3) is 5.91 Å². The Labute approximate surface area is 217 Å². The Balaban J connectivity index is 1.24. The molecule has 2 N–H and O–H groups in total. The number of carbonyl (C=O) groups excluding carboxylic acids is 1. The Hall–Kier alpha value is -3.89. The number of imidazole rings is 1. The van der Waals surface area contributed by atoms with Crippen molar-refractivity contribution in [3.05, 3.63) is 77.0 Å². The van der Waals surface area contributed by atoms with Gasteiger partial charge in [0.1, 0.15) is 23.5 Å². The van der Waals surface area contributed by atoms with Gasteiger partial charge in [0.05, 0.1) is 35.4 Å². The van der Waals surface area contributed by atoms with Crippen molar-refractivity contribution in [1.82, 2.24) is 24.6 Å². The molecule has 3 aliphatic heterocycles. The number of pyridine rings is 2. The van der Waals surface area contributed by atoms with Crippen molar-refractivity contribution in [2.45, 2.75) is 31.6 Å². The molecular formula is C28H26F2N6O2. The zero-order chi connectivity index (χ0) is 25.8. The van der Waals surface area contributed by atoms with E-state index in [4.69, 9.17) is 9.72 Å². The third kappa shape index (κ3) is 4.00. The molecule has 194 valence electrons. The molecule has 4 aromatic rings. The predicted molar refractivity (Wildman–Crippen MR) is 138 cm³/mol. The van der Waals surface area contributed by atoms with Gasteiger partial charge in [-0.2, -0.15) is 0 Å². The fourth-order valence-corrected chi connectivity index (χ4v) is 5.69. The maximum Gasteiger partial charge on any atom is 0.254 e. The Morgan fingerprint density at radius 3 is 2.89 bits per heavy atom. The standard InChI is InChI=1S/C28H26F2N6O2/c29-17-5-7-36-24(11-31-26(36)9-17)20-1-3-22(27-21(20)10-32-28(27)37)33-25-4-2-19(16-6-8-38-15-16)23(34-25)14-35-12-18(30)13-35/h1-5,7,9,11,16,18H,6,8,10,12-15H2,(H,32,37)(H,33,34). The molecule has 3 aliphatic rings. The van der Waals surface area contributed by atoms with Crippen molar-refractivity contribution in [3.63, 3.8) is 0 Å². The molecule has 0 aliphatic carbocycles. The number of carbonyl (C=O) groups is 1. The van der Waals surface area contributed by atoms with Gasteiger partial charge in [-0.05, 0) is 35.7 Å². The van der Waals surface area contributed by atoms with Crippen molar-refractivity contribution in [2.75, 3.05) is 31.6 Å². The summed E-state index contributed by atoms with van der Waals surface area (Å²) in [5.41, 5.74) is 6.24. The maximum atomic E-state index is 13.7. The number of nitrogens with one attached hydrogen (secondary N) is 2. The van der Waals surface area contributed by atoms with Crippen molar-refractivity contribution >= 4 is 23.1 Å². The molecule has 2 fully saturated rings. The number of halogens is 2. The summed E-state index contributed by atoms with van der Waals surface area (Å²) in [6.07, 6.45) is 3.50. The smallest absolute Gasteiger partial charge is 0.254 e. The molecule has 0 saturated carbocycles. The lowest BCUT2D eigenvalue weighted by molar-refractivity contribution is 0.0577. The second kappa shape index (κ2) is 9.14. The summed E-state index contributed by atoms with van der Waals surface area (Å²) in [4.78, 5) is 24.2. The molecule has 1 unspecified atom stereocenters. The first-order chi connectivity index (χ1) is 18.5. The molecule has 3 aromatic heterocycles. The van der Waals surface area contributed by atoms with Crippen LogP contribution in [0.15, 0.2) is 48.8 Å². The van der Waals surface area contributed by atoms with Gasteiger partial charge in [0.2, 0.25) is 0 Å². The second-order valence-corrected chi connectivity index (χ2v) is 10.1. The number of hydrogen-bond acceptors (Lipinski definition) is 6. The number of anilines is 2. The van der Waals surface area contributed by atoms with E-state index >= 15 is 0 Å². The van der Waals surface area contributed by atoms with Crippen LogP contribution in [-0.2, 0) is 17.8 Å². The fourth-order valence-electron chi connectivity index (χ4n) is 5.69. The lowest BCUT2D eigenvalue weighted by Gasteiger charge is -2.34. The summed E-state index contributed by atoms with van der Waals surface area (Å²) in [5.74, 6) is 0.383. The molecule has 10 heteroatoms. The first-order valence-electron chi connectivity index (χ1n) is 12.8. The SMILES string of the molecule is O=C1NCc2c(-c3cnc4cc(F)ccn34)ccc(Nc3ccc(C4CCOC4)c(CN4CC(F)C4)n3)c21.